The predicted octanol–water partition coefficient (Wildman–Crippen LogP) is 2.12. The Hall–Kier alpha value is -1.79. The van der Waals surface area contributed by atoms with Crippen molar-refractivity contribution in [3.8, 4) is 0 Å². The third kappa shape index (κ3) is 5.11. The van der Waals surface area contributed by atoms with Gasteiger partial charge in [-0.05, 0) is 31.4 Å². The zero-order chi connectivity index (χ0) is 16.8. The van der Waals surface area contributed by atoms with Gasteiger partial charge in [0.2, 0.25) is 5.91 Å². The van der Waals surface area contributed by atoms with Gasteiger partial charge in [-0.3, -0.25) is 4.79 Å². The van der Waals surface area contributed by atoms with Crippen molar-refractivity contribution in [2.24, 2.45) is 5.73 Å². The Bertz CT molecular complexity index is 561. The lowest BCUT2D eigenvalue weighted by Crippen LogP contribution is -2.43. The Balaban J connectivity index is 2.01. The largest absolute Gasteiger partial charge is 0.376 e. The van der Waals surface area contributed by atoms with Gasteiger partial charge in [-0.2, -0.15) is 0 Å². The highest BCUT2D eigenvalue weighted by Crippen LogP contribution is 2.25. The molecule has 23 heavy (non-hydrogen) atoms. The van der Waals surface area contributed by atoms with Crippen LogP contribution in [0, 0.1) is 0 Å². The molecule has 1 aliphatic heterocycles. The SMILES string of the molecule is C[C@H](NC(=O)C[C@H](NC(N)=O)c1ccccc1Cl)[C@@H]1CCCO1. The first kappa shape index (κ1) is 17.6. The topological polar surface area (TPSA) is 93.5 Å². The number of carbonyl (C=O) groups is 2. The molecule has 0 spiro atoms. The molecule has 1 saturated heterocycles. The summed E-state index contributed by atoms with van der Waals surface area (Å²) in [6, 6.07) is 5.70. The fraction of sp³-hybridized carbons (Fsp3) is 0.500. The summed E-state index contributed by atoms with van der Waals surface area (Å²) in [6.45, 7) is 2.65. The first-order valence-electron chi connectivity index (χ1n) is 7.68. The second kappa shape index (κ2) is 8.17. The molecule has 3 amide bonds. The van der Waals surface area contributed by atoms with Crippen molar-refractivity contribution in [3.05, 3.63) is 34.9 Å². The van der Waals surface area contributed by atoms with Crippen LogP contribution in [0.1, 0.15) is 37.8 Å². The summed E-state index contributed by atoms with van der Waals surface area (Å²) in [4.78, 5) is 23.5. The minimum absolute atomic E-state index is 0.0433. The second-order valence-electron chi connectivity index (χ2n) is 5.69. The first-order valence-corrected chi connectivity index (χ1v) is 8.06. The van der Waals surface area contributed by atoms with E-state index in [1.807, 2.05) is 6.92 Å². The minimum Gasteiger partial charge on any atom is -0.376 e. The highest BCUT2D eigenvalue weighted by molar-refractivity contribution is 6.31. The number of nitrogens with one attached hydrogen (secondary N) is 2. The van der Waals surface area contributed by atoms with Crippen molar-refractivity contribution in [1.29, 1.82) is 0 Å². The van der Waals surface area contributed by atoms with Crippen LogP contribution >= 0.6 is 11.6 Å². The molecule has 6 nitrogen and oxygen atoms in total. The van der Waals surface area contributed by atoms with Crippen LogP contribution in [0.5, 0.6) is 0 Å². The molecule has 126 valence electrons. The molecule has 1 aromatic carbocycles. The van der Waals surface area contributed by atoms with Crippen molar-refractivity contribution in [2.75, 3.05) is 6.61 Å². The number of carbonyl (C=O) groups excluding carboxylic acids is 2. The number of ether oxygens (including phenoxy) is 1. The molecule has 0 unspecified atom stereocenters. The van der Waals surface area contributed by atoms with Gasteiger partial charge >= 0.3 is 6.03 Å². The van der Waals surface area contributed by atoms with Gasteiger partial charge in [0, 0.05) is 11.6 Å². The molecule has 1 aliphatic rings. The molecule has 1 heterocycles. The summed E-state index contributed by atoms with van der Waals surface area (Å²) in [5.41, 5.74) is 5.87. The Morgan fingerprint density at radius 2 is 2.13 bits per heavy atom. The van der Waals surface area contributed by atoms with Crippen LogP contribution in [0.4, 0.5) is 4.79 Å². The number of rotatable bonds is 6. The normalized spacial score (nSPS) is 19.8. The van der Waals surface area contributed by atoms with E-state index in [1.54, 1.807) is 24.3 Å². The number of primary amides is 1. The predicted molar refractivity (Wildman–Crippen MR) is 88.1 cm³/mol. The van der Waals surface area contributed by atoms with E-state index in [0.717, 1.165) is 19.4 Å². The fourth-order valence-electron chi connectivity index (χ4n) is 2.76. The molecule has 4 N–H and O–H groups in total. The zero-order valence-corrected chi connectivity index (χ0v) is 13.8. The summed E-state index contributed by atoms with van der Waals surface area (Å²) in [5.74, 6) is -0.188. The number of urea groups is 1. The van der Waals surface area contributed by atoms with Crippen LogP contribution in [0.2, 0.25) is 5.02 Å². The van der Waals surface area contributed by atoms with Crippen LogP contribution < -0.4 is 16.4 Å². The zero-order valence-electron chi connectivity index (χ0n) is 13.0. The monoisotopic (exact) mass is 339 g/mol. The Morgan fingerprint density at radius 3 is 2.74 bits per heavy atom. The third-order valence-corrected chi connectivity index (χ3v) is 4.24. The van der Waals surface area contributed by atoms with E-state index in [9.17, 15) is 9.59 Å². The first-order chi connectivity index (χ1) is 11.0. The van der Waals surface area contributed by atoms with E-state index < -0.39 is 12.1 Å². The highest BCUT2D eigenvalue weighted by atomic mass is 35.5. The number of hydrogen-bond donors (Lipinski definition) is 3. The molecule has 2 rings (SSSR count). The molecule has 0 bridgehead atoms. The van der Waals surface area contributed by atoms with Crippen molar-refractivity contribution in [2.45, 2.75) is 44.4 Å². The van der Waals surface area contributed by atoms with E-state index in [-0.39, 0.29) is 24.5 Å². The maximum absolute atomic E-state index is 12.3. The summed E-state index contributed by atoms with van der Waals surface area (Å²) < 4.78 is 5.56. The van der Waals surface area contributed by atoms with Crippen molar-refractivity contribution in [1.82, 2.24) is 10.6 Å². The average Bonchev–Trinajstić information content (AvgIpc) is 3.00. The van der Waals surface area contributed by atoms with Gasteiger partial charge in [-0.1, -0.05) is 29.8 Å². The van der Waals surface area contributed by atoms with Crippen molar-refractivity contribution in [3.63, 3.8) is 0 Å². The van der Waals surface area contributed by atoms with Crippen LogP contribution in [0.25, 0.3) is 0 Å². The quantitative estimate of drug-likeness (QED) is 0.741. The molecular formula is C16H22ClN3O3. The highest BCUT2D eigenvalue weighted by Gasteiger charge is 2.25. The maximum Gasteiger partial charge on any atom is 0.312 e. The summed E-state index contributed by atoms with van der Waals surface area (Å²) in [6.07, 6.45) is 2.05. The minimum atomic E-state index is -0.699. The van der Waals surface area contributed by atoms with Gasteiger partial charge < -0.3 is 21.1 Å². The molecule has 7 heteroatoms. The molecule has 0 saturated carbocycles. The number of nitrogens with two attached hydrogens (primary N) is 1. The van der Waals surface area contributed by atoms with Gasteiger partial charge in [-0.25, -0.2) is 4.79 Å². The Morgan fingerprint density at radius 1 is 1.39 bits per heavy atom. The molecule has 1 aromatic rings. The summed E-state index contributed by atoms with van der Waals surface area (Å²) >= 11 is 6.15. The molecule has 3 atom stereocenters. The smallest absolute Gasteiger partial charge is 0.312 e. The van der Waals surface area contributed by atoms with Crippen LogP contribution in [-0.4, -0.2) is 30.7 Å². The average molecular weight is 340 g/mol. The van der Waals surface area contributed by atoms with E-state index in [1.165, 1.54) is 0 Å². The van der Waals surface area contributed by atoms with Gasteiger partial charge in [0.15, 0.2) is 0 Å². The maximum atomic E-state index is 12.3. The van der Waals surface area contributed by atoms with Gasteiger partial charge in [-0.15, -0.1) is 0 Å². The van der Waals surface area contributed by atoms with E-state index in [0.29, 0.717) is 10.6 Å². The van der Waals surface area contributed by atoms with Crippen LogP contribution in [-0.2, 0) is 9.53 Å². The number of amides is 3. The Labute approximate surface area is 140 Å². The number of benzene rings is 1. The molecule has 0 aliphatic carbocycles. The van der Waals surface area contributed by atoms with E-state index in [4.69, 9.17) is 22.1 Å². The van der Waals surface area contributed by atoms with Gasteiger partial charge in [0.1, 0.15) is 0 Å². The van der Waals surface area contributed by atoms with E-state index in [2.05, 4.69) is 10.6 Å². The van der Waals surface area contributed by atoms with Crippen molar-refractivity contribution < 1.29 is 14.3 Å². The fourth-order valence-corrected chi connectivity index (χ4v) is 3.02. The number of hydrogen-bond acceptors (Lipinski definition) is 3. The summed E-state index contributed by atoms with van der Waals surface area (Å²) in [7, 11) is 0. The standard InChI is InChI=1S/C16H22ClN3O3/c1-10(14-7-4-8-23-14)19-15(21)9-13(20-16(18)22)11-5-2-3-6-12(11)17/h2-3,5-6,10,13-14H,4,7-9H2,1H3,(H,19,21)(H3,18,20,22)/t10-,13-,14-/m0/s1. The molecule has 0 aromatic heterocycles. The van der Waals surface area contributed by atoms with Crippen molar-refractivity contribution >= 4 is 23.5 Å². The molecule has 0 radical (unpaired) electrons. The lowest BCUT2D eigenvalue weighted by atomic mass is 10.0. The molecular weight excluding hydrogens is 318 g/mol. The summed E-state index contributed by atoms with van der Waals surface area (Å²) in [5, 5.41) is 5.97. The lowest BCUT2D eigenvalue weighted by molar-refractivity contribution is -0.123. The lowest BCUT2D eigenvalue weighted by Gasteiger charge is -2.23. The third-order valence-electron chi connectivity index (χ3n) is 3.90. The van der Waals surface area contributed by atoms with Gasteiger partial charge in [0.25, 0.3) is 0 Å². The molecule has 1 fully saturated rings. The van der Waals surface area contributed by atoms with Crippen LogP contribution in [0.15, 0.2) is 24.3 Å². The van der Waals surface area contributed by atoms with Crippen LogP contribution in [0.3, 0.4) is 0 Å². The second-order valence-corrected chi connectivity index (χ2v) is 6.10. The Kier molecular flexibility index (Phi) is 6.24. The van der Waals surface area contributed by atoms with Gasteiger partial charge in [0.05, 0.1) is 24.6 Å². The number of halogens is 1. The van der Waals surface area contributed by atoms with E-state index >= 15 is 0 Å².